The summed E-state index contributed by atoms with van der Waals surface area (Å²) in [4.78, 5) is 16.7. The highest BCUT2D eigenvalue weighted by atomic mass is 19.1. The summed E-state index contributed by atoms with van der Waals surface area (Å²) in [6.07, 6.45) is 1.73. The summed E-state index contributed by atoms with van der Waals surface area (Å²) in [7, 11) is 1.69. The Hall–Kier alpha value is -4.34. The quantitative estimate of drug-likeness (QED) is 0.356. The van der Waals surface area contributed by atoms with Gasteiger partial charge in [0.15, 0.2) is 5.82 Å². The molecule has 3 heterocycles. The first kappa shape index (κ1) is 21.9. The summed E-state index contributed by atoms with van der Waals surface area (Å²) in [6, 6.07) is 15.1. The molecular weight excluding hydrogens is 423 g/mol. The lowest BCUT2D eigenvalue weighted by Gasteiger charge is -2.08. The zero-order valence-corrected chi connectivity index (χ0v) is 18.2. The van der Waals surface area contributed by atoms with Crippen LogP contribution in [0.3, 0.4) is 0 Å². The molecule has 0 bridgehead atoms. The topological polar surface area (TPSA) is 110 Å². The number of pyridine rings is 1. The van der Waals surface area contributed by atoms with Gasteiger partial charge >= 0.3 is 0 Å². The van der Waals surface area contributed by atoms with Gasteiger partial charge in [0, 0.05) is 31.9 Å². The van der Waals surface area contributed by atoms with Gasteiger partial charge in [0.1, 0.15) is 23.1 Å². The monoisotopic (exact) mass is 446 g/mol. The number of nitrogens with zero attached hydrogens (tertiary/aromatic N) is 5. The molecule has 0 saturated heterocycles. The molecule has 4 aromatic rings. The first-order chi connectivity index (χ1) is 16.0. The van der Waals surface area contributed by atoms with Crippen molar-refractivity contribution in [2.24, 2.45) is 7.05 Å². The third-order valence-corrected chi connectivity index (χ3v) is 4.81. The average molecular weight is 446 g/mol. The van der Waals surface area contributed by atoms with E-state index in [0.29, 0.717) is 41.9 Å². The Morgan fingerprint density at radius 1 is 0.970 bits per heavy atom. The third kappa shape index (κ3) is 5.67. The molecule has 9 nitrogen and oxygen atoms in total. The Morgan fingerprint density at radius 3 is 2.45 bits per heavy atom. The molecule has 0 spiro atoms. The van der Waals surface area contributed by atoms with Crippen LogP contribution >= 0.6 is 0 Å². The maximum Gasteiger partial charge on any atom is 0.269 e. The van der Waals surface area contributed by atoms with E-state index in [0.717, 1.165) is 11.1 Å². The van der Waals surface area contributed by atoms with Crippen molar-refractivity contribution < 1.29 is 9.18 Å². The SMILES string of the molecule is Cc1ccnc(Nc2ccc(NCCNC(=O)c3cc(-c4ccc(F)cc4)nn3C)nn2)c1. The Morgan fingerprint density at radius 2 is 1.73 bits per heavy atom. The van der Waals surface area contributed by atoms with Crippen LogP contribution in [0.2, 0.25) is 0 Å². The largest absolute Gasteiger partial charge is 0.367 e. The van der Waals surface area contributed by atoms with Gasteiger partial charge in [0.25, 0.3) is 5.91 Å². The molecule has 3 N–H and O–H groups in total. The van der Waals surface area contributed by atoms with Crippen LogP contribution < -0.4 is 16.0 Å². The van der Waals surface area contributed by atoms with E-state index in [1.54, 1.807) is 43.6 Å². The van der Waals surface area contributed by atoms with Crippen molar-refractivity contribution in [3.8, 4) is 11.3 Å². The number of rotatable bonds is 8. The van der Waals surface area contributed by atoms with Gasteiger partial charge in [-0.15, -0.1) is 10.2 Å². The van der Waals surface area contributed by atoms with Crippen LogP contribution in [-0.4, -0.2) is 44.0 Å². The number of hydrogen-bond donors (Lipinski definition) is 3. The molecule has 1 aromatic carbocycles. The number of hydrogen-bond acceptors (Lipinski definition) is 7. The lowest BCUT2D eigenvalue weighted by atomic mass is 10.1. The third-order valence-electron chi connectivity index (χ3n) is 4.81. The fourth-order valence-electron chi connectivity index (χ4n) is 3.13. The molecule has 4 rings (SSSR count). The van der Waals surface area contributed by atoms with Gasteiger partial charge in [-0.05, 0) is 67.1 Å². The molecular formula is C23H23FN8O. The smallest absolute Gasteiger partial charge is 0.269 e. The van der Waals surface area contributed by atoms with Gasteiger partial charge < -0.3 is 16.0 Å². The minimum absolute atomic E-state index is 0.253. The molecule has 0 saturated carbocycles. The van der Waals surface area contributed by atoms with Gasteiger partial charge in [-0.3, -0.25) is 9.48 Å². The van der Waals surface area contributed by atoms with Crippen LogP contribution in [0.4, 0.5) is 21.8 Å². The van der Waals surface area contributed by atoms with Crippen LogP contribution in [0.15, 0.2) is 60.8 Å². The van der Waals surface area contributed by atoms with E-state index in [-0.39, 0.29) is 11.7 Å². The molecule has 33 heavy (non-hydrogen) atoms. The zero-order valence-electron chi connectivity index (χ0n) is 18.2. The molecule has 168 valence electrons. The minimum Gasteiger partial charge on any atom is -0.367 e. The maximum absolute atomic E-state index is 13.1. The molecule has 0 aliphatic heterocycles. The van der Waals surface area contributed by atoms with Crippen molar-refractivity contribution in [2.45, 2.75) is 6.92 Å². The first-order valence-electron chi connectivity index (χ1n) is 10.3. The number of anilines is 3. The lowest BCUT2D eigenvalue weighted by molar-refractivity contribution is 0.0946. The molecule has 0 radical (unpaired) electrons. The van der Waals surface area contributed by atoms with Crippen molar-refractivity contribution in [3.63, 3.8) is 0 Å². The summed E-state index contributed by atoms with van der Waals surface area (Å²) >= 11 is 0. The zero-order chi connectivity index (χ0) is 23.2. The first-order valence-corrected chi connectivity index (χ1v) is 10.3. The van der Waals surface area contributed by atoms with Gasteiger partial charge in [0.2, 0.25) is 0 Å². The number of carbonyl (C=O) groups is 1. The van der Waals surface area contributed by atoms with Crippen molar-refractivity contribution in [1.82, 2.24) is 30.3 Å². The van der Waals surface area contributed by atoms with Crippen molar-refractivity contribution in [2.75, 3.05) is 23.7 Å². The minimum atomic E-state index is -0.320. The summed E-state index contributed by atoms with van der Waals surface area (Å²) < 4.78 is 14.6. The highest BCUT2D eigenvalue weighted by Crippen LogP contribution is 2.19. The van der Waals surface area contributed by atoms with E-state index in [1.165, 1.54) is 16.8 Å². The van der Waals surface area contributed by atoms with Gasteiger partial charge in [-0.1, -0.05) is 0 Å². The Balaban J connectivity index is 1.26. The van der Waals surface area contributed by atoms with E-state index in [1.807, 2.05) is 19.1 Å². The molecule has 10 heteroatoms. The Bertz CT molecular complexity index is 1240. The van der Waals surface area contributed by atoms with E-state index in [9.17, 15) is 9.18 Å². The maximum atomic E-state index is 13.1. The van der Waals surface area contributed by atoms with Crippen molar-refractivity contribution in [3.05, 3.63) is 77.9 Å². The van der Waals surface area contributed by atoms with E-state index < -0.39 is 0 Å². The molecule has 0 aliphatic carbocycles. The highest BCUT2D eigenvalue weighted by molar-refractivity contribution is 5.93. The van der Waals surface area contributed by atoms with Crippen LogP contribution in [-0.2, 0) is 7.05 Å². The second-order valence-electron chi connectivity index (χ2n) is 7.38. The second-order valence-corrected chi connectivity index (χ2v) is 7.38. The normalized spacial score (nSPS) is 10.6. The summed E-state index contributed by atoms with van der Waals surface area (Å²) in [6.45, 7) is 2.84. The Labute approximate surface area is 190 Å². The molecule has 0 fully saturated rings. The van der Waals surface area contributed by atoms with Crippen LogP contribution in [0.1, 0.15) is 16.1 Å². The predicted octanol–water partition coefficient (Wildman–Crippen LogP) is 3.31. The molecule has 3 aromatic heterocycles. The van der Waals surface area contributed by atoms with E-state index in [4.69, 9.17) is 0 Å². The van der Waals surface area contributed by atoms with Crippen molar-refractivity contribution in [1.29, 1.82) is 0 Å². The average Bonchev–Trinajstić information content (AvgIpc) is 3.20. The summed E-state index contributed by atoms with van der Waals surface area (Å²) in [5.41, 5.74) is 2.85. The number of aryl methyl sites for hydroxylation is 2. The number of nitrogens with one attached hydrogen (secondary N) is 3. The van der Waals surface area contributed by atoms with E-state index >= 15 is 0 Å². The van der Waals surface area contributed by atoms with Crippen LogP contribution in [0.5, 0.6) is 0 Å². The molecule has 1 amide bonds. The second kappa shape index (κ2) is 9.86. The summed E-state index contributed by atoms with van der Waals surface area (Å²) in [5, 5.41) is 21.6. The summed E-state index contributed by atoms with van der Waals surface area (Å²) in [5.74, 6) is 1.30. The molecule has 0 aliphatic rings. The number of benzene rings is 1. The predicted molar refractivity (Wildman–Crippen MR) is 124 cm³/mol. The fourth-order valence-corrected chi connectivity index (χ4v) is 3.13. The molecule has 0 atom stereocenters. The highest BCUT2D eigenvalue weighted by Gasteiger charge is 2.14. The van der Waals surface area contributed by atoms with Crippen LogP contribution in [0.25, 0.3) is 11.3 Å². The molecule has 0 unspecified atom stereocenters. The van der Waals surface area contributed by atoms with Gasteiger partial charge in [0.05, 0.1) is 5.69 Å². The lowest BCUT2D eigenvalue weighted by Crippen LogP contribution is -2.30. The van der Waals surface area contributed by atoms with Crippen LogP contribution in [0, 0.1) is 12.7 Å². The number of amides is 1. The fraction of sp³-hybridized carbons (Fsp3) is 0.174. The van der Waals surface area contributed by atoms with E-state index in [2.05, 4.69) is 36.2 Å². The number of halogens is 1. The van der Waals surface area contributed by atoms with Gasteiger partial charge in [-0.25, -0.2) is 9.37 Å². The van der Waals surface area contributed by atoms with Crippen molar-refractivity contribution >= 4 is 23.4 Å². The Kier molecular flexibility index (Phi) is 6.53. The number of carbonyl (C=O) groups excluding carboxylic acids is 1. The standard InChI is InChI=1S/C23H23FN8O/c1-15-9-10-25-22(13-15)28-21-8-7-20(29-30-21)26-11-12-27-23(33)19-14-18(31-32(19)2)16-3-5-17(24)6-4-16/h3-10,13-14H,11-12H2,1-2H3,(H,26,29)(H,27,33)(H,25,28,30). The number of aromatic nitrogens is 5. The van der Waals surface area contributed by atoms with Gasteiger partial charge in [-0.2, -0.15) is 5.10 Å².